The van der Waals surface area contributed by atoms with Crippen LogP contribution in [0.4, 0.5) is 0 Å². The van der Waals surface area contributed by atoms with Crippen molar-refractivity contribution in [3.63, 3.8) is 0 Å². The van der Waals surface area contributed by atoms with Crippen LogP contribution in [0.3, 0.4) is 0 Å². The maximum Gasteiger partial charge on any atom is 0.252 e. The summed E-state index contributed by atoms with van der Waals surface area (Å²) >= 11 is 9.27. The van der Waals surface area contributed by atoms with Gasteiger partial charge in [-0.25, -0.2) is 0 Å². The third kappa shape index (κ3) is 4.19. The molecule has 0 heterocycles. The van der Waals surface area contributed by atoms with Crippen LogP contribution in [0.25, 0.3) is 0 Å². The number of alkyl halides is 1. The Hall–Kier alpha value is 0.380. The second kappa shape index (κ2) is 7.58. The minimum Gasteiger partial charge on any atom is -0.351 e. The zero-order valence-corrected chi connectivity index (χ0v) is 16.6. The van der Waals surface area contributed by atoms with Crippen LogP contribution >= 0.6 is 54.5 Å². The maximum atomic E-state index is 12.4. The zero-order chi connectivity index (χ0) is 14.6. The second-order valence-electron chi connectivity index (χ2n) is 5.50. The van der Waals surface area contributed by atoms with Crippen molar-refractivity contribution in [1.82, 2.24) is 5.32 Å². The molecule has 110 valence electrons. The van der Waals surface area contributed by atoms with E-state index in [0.717, 1.165) is 25.5 Å². The van der Waals surface area contributed by atoms with E-state index in [2.05, 4.69) is 59.8 Å². The van der Waals surface area contributed by atoms with E-state index in [4.69, 9.17) is 0 Å². The van der Waals surface area contributed by atoms with Crippen LogP contribution in [0.5, 0.6) is 0 Å². The number of hydrogen-bond acceptors (Lipinski definition) is 1. The van der Waals surface area contributed by atoms with Crippen molar-refractivity contribution < 1.29 is 4.79 Å². The Bertz CT molecular complexity index is 487. The molecular formula is C15H18Br2INO. The van der Waals surface area contributed by atoms with Crippen molar-refractivity contribution in [1.29, 1.82) is 0 Å². The van der Waals surface area contributed by atoms with Crippen LogP contribution in [-0.2, 0) is 0 Å². The molecule has 1 aromatic carbocycles. The number of rotatable bonds is 4. The summed E-state index contributed by atoms with van der Waals surface area (Å²) in [6.07, 6.45) is 6.28. The molecule has 1 N–H and O–H groups in total. The first-order valence-electron chi connectivity index (χ1n) is 6.86. The van der Waals surface area contributed by atoms with Crippen LogP contribution in [-0.4, -0.2) is 17.8 Å². The van der Waals surface area contributed by atoms with Crippen molar-refractivity contribution in [2.24, 2.45) is 5.41 Å². The van der Waals surface area contributed by atoms with E-state index in [1.54, 1.807) is 0 Å². The minimum absolute atomic E-state index is 0.0293. The molecule has 2 nitrogen and oxygen atoms in total. The first-order chi connectivity index (χ1) is 9.56. The van der Waals surface area contributed by atoms with E-state index in [-0.39, 0.29) is 11.3 Å². The molecule has 5 heteroatoms. The molecule has 0 aromatic heterocycles. The van der Waals surface area contributed by atoms with Gasteiger partial charge in [-0.1, -0.05) is 51.1 Å². The number of carbonyl (C=O) groups excluding carboxylic acids is 1. The van der Waals surface area contributed by atoms with Crippen molar-refractivity contribution in [2.75, 3.05) is 11.9 Å². The minimum atomic E-state index is 0.0293. The molecule has 0 radical (unpaired) electrons. The Morgan fingerprint density at radius 3 is 2.65 bits per heavy atom. The lowest BCUT2D eigenvalue weighted by Gasteiger charge is -2.35. The molecule has 0 aliphatic heterocycles. The number of benzene rings is 1. The highest BCUT2D eigenvalue weighted by Gasteiger charge is 2.31. The molecule has 1 aliphatic carbocycles. The van der Waals surface area contributed by atoms with E-state index >= 15 is 0 Å². The summed E-state index contributed by atoms with van der Waals surface area (Å²) < 4.78 is 1.93. The summed E-state index contributed by atoms with van der Waals surface area (Å²) in [5.41, 5.74) is 0.992. The SMILES string of the molecule is O=C(NCC1(CBr)CCCCC1)c1cc(Br)ccc1I. The Morgan fingerprint density at radius 1 is 1.30 bits per heavy atom. The fourth-order valence-corrected chi connectivity index (χ4v) is 4.39. The Balaban J connectivity index is 2.02. The van der Waals surface area contributed by atoms with Gasteiger partial charge in [-0.15, -0.1) is 0 Å². The van der Waals surface area contributed by atoms with Crippen LogP contribution in [0.1, 0.15) is 42.5 Å². The highest BCUT2D eigenvalue weighted by atomic mass is 127. The van der Waals surface area contributed by atoms with Gasteiger partial charge in [0, 0.05) is 19.9 Å². The first kappa shape index (κ1) is 16.7. The lowest BCUT2D eigenvalue weighted by atomic mass is 9.75. The normalized spacial score (nSPS) is 17.8. The Morgan fingerprint density at radius 2 is 2.00 bits per heavy atom. The molecule has 1 fully saturated rings. The standard InChI is InChI=1S/C15H18Br2INO/c16-9-15(6-2-1-3-7-15)10-19-14(20)12-8-11(17)4-5-13(12)18/h4-5,8H,1-3,6-7,9-10H2,(H,19,20). The van der Waals surface area contributed by atoms with Crippen molar-refractivity contribution >= 4 is 60.4 Å². The lowest BCUT2D eigenvalue weighted by molar-refractivity contribution is 0.0921. The van der Waals surface area contributed by atoms with E-state index in [0.29, 0.717) is 0 Å². The molecular weight excluding hydrogens is 497 g/mol. The predicted molar refractivity (Wildman–Crippen MR) is 98.5 cm³/mol. The number of halogens is 3. The highest BCUT2D eigenvalue weighted by molar-refractivity contribution is 14.1. The Labute approximate surface area is 150 Å². The molecule has 0 bridgehead atoms. The average molecular weight is 515 g/mol. The highest BCUT2D eigenvalue weighted by Crippen LogP contribution is 2.37. The van der Waals surface area contributed by atoms with Crippen LogP contribution < -0.4 is 5.32 Å². The fraction of sp³-hybridized carbons (Fsp3) is 0.533. The third-order valence-corrected chi connectivity index (χ3v) is 6.62. The van der Waals surface area contributed by atoms with Gasteiger partial charge in [-0.2, -0.15) is 0 Å². The average Bonchev–Trinajstić information content (AvgIpc) is 2.48. The largest absolute Gasteiger partial charge is 0.351 e. The third-order valence-electron chi connectivity index (χ3n) is 3.99. The van der Waals surface area contributed by atoms with Crippen molar-refractivity contribution in [3.05, 3.63) is 31.8 Å². The van der Waals surface area contributed by atoms with Crippen LogP contribution in [0.15, 0.2) is 22.7 Å². The molecule has 2 rings (SSSR count). The zero-order valence-electron chi connectivity index (χ0n) is 11.2. The van der Waals surface area contributed by atoms with E-state index in [9.17, 15) is 4.79 Å². The molecule has 0 spiro atoms. The van der Waals surface area contributed by atoms with E-state index in [1.165, 1.54) is 32.1 Å². The van der Waals surface area contributed by atoms with Gasteiger partial charge in [0.1, 0.15) is 0 Å². The predicted octanol–water partition coefficient (Wildman–Crippen LogP) is 5.13. The summed E-state index contributed by atoms with van der Waals surface area (Å²) in [5.74, 6) is 0.0293. The summed E-state index contributed by atoms with van der Waals surface area (Å²) in [7, 11) is 0. The molecule has 0 saturated heterocycles. The monoisotopic (exact) mass is 513 g/mol. The van der Waals surface area contributed by atoms with Gasteiger partial charge in [0.2, 0.25) is 0 Å². The van der Waals surface area contributed by atoms with Crippen LogP contribution in [0.2, 0.25) is 0 Å². The topological polar surface area (TPSA) is 29.1 Å². The summed E-state index contributed by atoms with van der Waals surface area (Å²) in [6.45, 7) is 0.764. The van der Waals surface area contributed by atoms with E-state index in [1.807, 2.05) is 18.2 Å². The molecule has 0 atom stereocenters. The molecule has 1 aliphatic rings. The molecule has 0 unspecified atom stereocenters. The smallest absolute Gasteiger partial charge is 0.252 e. The maximum absolute atomic E-state index is 12.4. The number of amides is 1. The summed E-state index contributed by atoms with van der Waals surface area (Å²) in [4.78, 5) is 12.4. The lowest BCUT2D eigenvalue weighted by Crippen LogP contribution is -2.40. The molecule has 1 saturated carbocycles. The van der Waals surface area contributed by atoms with Gasteiger partial charge >= 0.3 is 0 Å². The van der Waals surface area contributed by atoms with Crippen molar-refractivity contribution in [3.8, 4) is 0 Å². The Kier molecular flexibility index (Phi) is 6.35. The van der Waals surface area contributed by atoms with Crippen molar-refractivity contribution in [2.45, 2.75) is 32.1 Å². The quantitative estimate of drug-likeness (QED) is 0.438. The molecule has 1 aromatic rings. The fourth-order valence-electron chi connectivity index (χ4n) is 2.69. The van der Waals surface area contributed by atoms with Gasteiger partial charge in [-0.3, -0.25) is 4.79 Å². The summed E-state index contributed by atoms with van der Waals surface area (Å²) in [5, 5.41) is 4.10. The summed E-state index contributed by atoms with van der Waals surface area (Å²) in [6, 6.07) is 5.80. The first-order valence-corrected chi connectivity index (χ1v) is 9.85. The second-order valence-corrected chi connectivity index (χ2v) is 8.14. The van der Waals surface area contributed by atoms with Gasteiger partial charge in [0.05, 0.1) is 5.56 Å². The van der Waals surface area contributed by atoms with Gasteiger partial charge < -0.3 is 5.32 Å². The number of nitrogens with one attached hydrogen (secondary N) is 1. The van der Waals surface area contributed by atoms with Gasteiger partial charge in [0.15, 0.2) is 0 Å². The van der Waals surface area contributed by atoms with Crippen LogP contribution in [0, 0.1) is 8.99 Å². The van der Waals surface area contributed by atoms with E-state index < -0.39 is 0 Å². The van der Waals surface area contributed by atoms with Gasteiger partial charge in [-0.05, 0) is 59.0 Å². The molecule has 1 amide bonds. The number of carbonyl (C=O) groups is 1. The molecule has 20 heavy (non-hydrogen) atoms. The van der Waals surface area contributed by atoms with Gasteiger partial charge in [0.25, 0.3) is 5.91 Å². The number of hydrogen-bond donors (Lipinski definition) is 1.